The van der Waals surface area contributed by atoms with Crippen molar-refractivity contribution in [3.8, 4) is 0 Å². The minimum absolute atomic E-state index is 0.0696. The van der Waals surface area contributed by atoms with Crippen LogP contribution in [0.4, 0.5) is 5.69 Å². The molecule has 3 rings (SSSR count). The normalized spacial score (nSPS) is 25.8. The molecule has 0 spiro atoms. The van der Waals surface area contributed by atoms with Crippen molar-refractivity contribution >= 4 is 29.1 Å². The highest BCUT2D eigenvalue weighted by molar-refractivity contribution is 7.99. The number of hydrogen-bond donors (Lipinski definition) is 1. The largest absolute Gasteiger partial charge is 0.375 e. The molecule has 21 heavy (non-hydrogen) atoms. The van der Waals surface area contributed by atoms with Crippen LogP contribution in [-0.2, 0) is 6.54 Å². The minimum Gasteiger partial charge on any atom is -0.375 e. The Balaban J connectivity index is 1.81. The van der Waals surface area contributed by atoms with Gasteiger partial charge in [-0.2, -0.15) is 16.9 Å². The summed E-state index contributed by atoms with van der Waals surface area (Å²) in [5.74, 6) is 0.623. The Morgan fingerprint density at radius 1 is 1.38 bits per heavy atom. The predicted molar refractivity (Wildman–Crippen MR) is 89.4 cm³/mol. The van der Waals surface area contributed by atoms with Gasteiger partial charge in [0.15, 0.2) is 0 Å². The Labute approximate surface area is 134 Å². The first-order chi connectivity index (χ1) is 10.2. The van der Waals surface area contributed by atoms with Gasteiger partial charge in [0.2, 0.25) is 0 Å². The molecule has 2 unspecified atom stereocenters. The van der Waals surface area contributed by atoms with Gasteiger partial charge in [0.25, 0.3) is 5.56 Å². The van der Waals surface area contributed by atoms with Crippen LogP contribution in [0.25, 0.3) is 0 Å². The van der Waals surface area contributed by atoms with Crippen molar-refractivity contribution in [1.82, 2.24) is 9.78 Å². The molecular weight excluding hydrogens is 306 g/mol. The second-order valence-electron chi connectivity index (χ2n) is 6.11. The molecule has 0 radical (unpaired) electrons. The van der Waals surface area contributed by atoms with Gasteiger partial charge in [0.05, 0.1) is 11.2 Å². The fourth-order valence-corrected chi connectivity index (χ4v) is 4.12. The van der Waals surface area contributed by atoms with E-state index >= 15 is 0 Å². The van der Waals surface area contributed by atoms with Gasteiger partial charge in [-0.3, -0.25) is 4.79 Å². The third-order valence-corrected chi connectivity index (χ3v) is 5.92. The monoisotopic (exact) mass is 327 g/mol. The number of nitrogens with one attached hydrogen (secondary N) is 1. The van der Waals surface area contributed by atoms with Crippen LogP contribution in [0.3, 0.4) is 0 Å². The van der Waals surface area contributed by atoms with E-state index in [-0.39, 0.29) is 5.56 Å². The molecule has 2 fully saturated rings. The molecule has 116 valence electrons. The lowest BCUT2D eigenvalue weighted by Gasteiger charge is -2.31. The average Bonchev–Trinajstić information content (AvgIpc) is 3.31. The summed E-state index contributed by atoms with van der Waals surface area (Å²) >= 11 is 8.10. The lowest BCUT2D eigenvalue weighted by molar-refractivity contribution is 0.473. The summed E-state index contributed by atoms with van der Waals surface area (Å²) in [5, 5.41) is 8.60. The Morgan fingerprint density at radius 3 is 2.86 bits per heavy atom. The third-order valence-electron chi connectivity index (χ3n) is 4.46. The highest BCUT2D eigenvalue weighted by Crippen LogP contribution is 2.31. The van der Waals surface area contributed by atoms with Gasteiger partial charge in [-0.15, -0.1) is 0 Å². The highest BCUT2D eigenvalue weighted by atomic mass is 35.5. The Hall–Kier alpha value is -0.680. The minimum atomic E-state index is -0.0696. The maximum absolute atomic E-state index is 12.6. The van der Waals surface area contributed by atoms with Crippen LogP contribution in [0.2, 0.25) is 5.02 Å². The van der Waals surface area contributed by atoms with E-state index < -0.39 is 0 Å². The summed E-state index contributed by atoms with van der Waals surface area (Å²) in [6.45, 7) is 0.724. The molecule has 0 amide bonds. The number of nitrogens with zero attached hydrogens (tertiary/aromatic N) is 2. The maximum Gasteiger partial charge on any atom is 0.291 e. The Morgan fingerprint density at radius 2 is 2.14 bits per heavy atom. The van der Waals surface area contributed by atoms with Crippen LogP contribution >= 0.6 is 23.4 Å². The van der Waals surface area contributed by atoms with Crippen molar-refractivity contribution in [2.45, 2.75) is 56.4 Å². The van der Waals surface area contributed by atoms with Crippen molar-refractivity contribution in [2.24, 2.45) is 5.92 Å². The third kappa shape index (κ3) is 3.57. The molecule has 0 saturated heterocycles. The molecule has 1 heterocycles. The number of rotatable bonds is 5. The molecule has 0 bridgehead atoms. The van der Waals surface area contributed by atoms with E-state index in [9.17, 15) is 4.79 Å². The van der Waals surface area contributed by atoms with E-state index in [0.717, 1.165) is 13.0 Å². The Kier molecular flexibility index (Phi) is 4.79. The Bertz CT molecular complexity index is 558. The maximum atomic E-state index is 12.6. The molecule has 2 aliphatic carbocycles. The van der Waals surface area contributed by atoms with Gasteiger partial charge in [-0.25, -0.2) is 4.68 Å². The van der Waals surface area contributed by atoms with Crippen molar-refractivity contribution in [3.63, 3.8) is 0 Å². The molecule has 2 aliphatic rings. The first-order valence-corrected chi connectivity index (χ1v) is 9.40. The van der Waals surface area contributed by atoms with Gasteiger partial charge in [-0.1, -0.05) is 24.4 Å². The lowest BCUT2D eigenvalue weighted by Crippen LogP contribution is -2.37. The molecule has 6 heteroatoms. The van der Waals surface area contributed by atoms with Crippen LogP contribution in [0, 0.1) is 5.92 Å². The van der Waals surface area contributed by atoms with Crippen LogP contribution < -0.4 is 10.9 Å². The van der Waals surface area contributed by atoms with E-state index in [4.69, 9.17) is 11.6 Å². The quantitative estimate of drug-likeness (QED) is 0.900. The summed E-state index contributed by atoms with van der Waals surface area (Å²) < 4.78 is 1.57. The summed E-state index contributed by atoms with van der Waals surface area (Å²) in [6, 6.07) is 0.329. The number of anilines is 1. The van der Waals surface area contributed by atoms with Crippen LogP contribution in [-0.4, -0.2) is 27.3 Å². The second-order valence-corrected chi connectivity index (χ2v) is 7.59. The topological polar surface area (TPSA) is 46.9 Å². The fraction of sp³-hybridized carbons (Fsp3) is 0.733. The zero-order valence-electron chi connectivity index (χ0n) is 12.3. The van der Waals surface area contributed by atoms with Crippen LogP contribution in [0.1, 0.15) is 38.5 Å². The number of aromatic nitrogens is 2. The average molecular weight is 328 g/mol. The zero-order valence-corrected chi connectivity index (χ0v) is 13.9. The lowest BCUT2D eigenvalue weighted by atomic mass is 9.94. The molecule has 1 N–H and O–H groups in total. The van der Waals surface area contributed by atoms with E-state index in [0.29, 0.717) is 27.9 Å². The SMILES string of the molecule is CSC1CCCCC1Nc1c(Cl)cnn(CC2CC2)c1=O. The molecule has 4 nitrogen and oxygen atoms in total. The van der Waals surface area contributed by atoms with E-state index in [1.807, 2.05) is 11.8 Å². The molecule has 2 atom stereocenters. The fourth-order valence-electron chi connectivity index (χ4n) is 3.00. The molecule has 1 aromatic rings. The molecule has 0 aromatic carbocycles. The second kappa shape index (κ2) is 6.61. The molecular formula is C15H22ClN3OS. The van der Waals surface area contributed by atoms with Crippen molar-refractivity contribution in [3.05, 3.63) is 21.6 Å². The highest BCUT2D eigenvalue weighted by Gasteiger charge is 2.27. The van der Waals surface area contributed by atoms with E-state index in [1.165, 1.54) is 32.1 Å². The molecule has 0 aliphatic heterocycles. The van der Waals surface area contributed by atoms with E-state index in [1.54, 1.807) is 10.9 Å². The van der Waals surface area contributed by atoms with Crippen molar-refractivity contribution in [2.75, 3.05) is 11.6 Å². The van der Waals surface area contributed by atoms with Gasteiger partial charge in [0.1, 0.15) is 5.69 Å². The summed E-state index contributed by atoms with van der Waals surface area (Å²) in [4.78, 5) is 12.6. The summed E-state index contributed by atoms with van der Waals surface area (Å²) in [5.41, 5.74) is 0.470. The van der Waals surface area contributed by atoms with Crippen molar-refractivity contribution < 1.29 is 0 Å². The molecule has 2 saturated carbocycles. The zero-order chi connectivity index (χ0) is 14.8. The summed E-state index contributed by atoms with van der Waals surface area (Å²) in [6.07, 6.45) is 11.0. The molecule has 1 aromatic heterocycles. The van der Waals surface area contributed by atoms with Gasteiger partial charge in [0, 0.05) is 17.8 Å². The first-order valence-electron chi connectivity index (χ1n) is 7.74. The van der Waals surface area contributed by atoms with Gasteiger partial charge < -0.3 is 5.32 Å². The van der Waals surface area contributed by atoms with Crippen LogP contribution in [0.15, 0.2) is 11.0 Å². The standard InChI is InChI=1S/C15H22ClN3OS/c1-21-13-5-3-2-4-12(13)18-14-11(16)8-17-19(15(14)20)9-10-6-7-10/h8,10,12-13,18H,2-7,9H2,1H3. The predicted octanol–water partition coefficient (Wildman–Crippen LogP) is 3.39. The number of hydrogen-bond acceptors (Lipinski definition) is 4. The smallest absolute Gasteiger partial charge is 0.291 e. The van der Waals surface area contributed by atoms with E-state index in [2.05, 4.69) is 16.7 Å². The van der Waals surface area contributed by atoms with Crippen LogP contribution in [0.5, 0.6) is 0 Å². The van der Waals surface area contributed by atoms with Gasteiger partial charge >= 0.3 is 0 Å². The first kappa shape index (κ1) is 15.2. The number of thioether (sulfide) groups is 1. The van der Waals surface area contributed by atoms with Gasteiger partial charge in [-0.05, 0) is 37.9 Å². The number of halogens is 1. The van der Waals surface area contributed by atoms with Crippen molar-refractivity contribution in [1.29, 1.82) is 0 Å². The summed E-state index contributed by atoms with van der Waals surface area (Å²) in [7, 11) is 0.